The molecule has 1 aromatic carbocycles. The summed E-state index contributed by atoms with van der Waals surface area (Å²) in [5.74, 6) is 0. The molecule has 2 rings (SSSR count). The predicted octanol–water partition coefficient (Wildman–Crippen LogP) is 3.58. The molecule has 1 aliphatic heterocycles. The van der Waals surface area contributed by atoms with Gasteiger partial charge in [0, 0.05) is 34.6 Å². The summed E-state index contributed by atoms with van der Waals surface area (Å²) in [5, 5.41) is 10.2. The Hall–Kier alpha value is -1.59. The smallest absolute Gasteiger partial charge is 0.149 e. The van der Waals surface area contributed by atoms with Crippen LogP contribution in [-0.4, -0.2) is 18.6 Å². The second-order valence-corrected chi connectivity index (χ2v) is 7.20. The number of unbranched alkanes of at least 4 members (excludes halogenated alkanes) is 2. The molecule has 1 unspecified atom stereocenters. The van der Waals surface area contributed by atoms with Crippen molar-refractivity contribution in [1.29, 1.82) is 0 Å². The summed E-state index contributed by atoms with van der Waals surface area (Å²) < 4.78 is 0. The fourth-order valence-electron chi connectivity index (χ4n) is 2.55. The standard InChI is InChI=1S/C18H28N4S/c1-13-11-16(20-10-6-4-5-9-19)7-8-17(13)15(3)22-18-21-12-14(2)23-18/h7-8,11-12,18,20-22H,3-6,9-10,19H2,1-2H3. The van der Waals surface area contributed by atoms with E-state index in [9.17, 15) is 0 Å². The number of nitrogens with two attached hydrogens (primary N) is 1. The summed E-state index contributed by atoms with van der Waals surface area (Å²) in [7, 11) is 0. The van der Waals surface area contributed by atoms with E-state index in [0.29, 0.717) is 0 Å². The Bertz CT molecular complexity index is 568. The van der Waals surface area contributed by atoms with Crippen molar-refractivity contribution in [2.75, 3.05) is 18.4 Å². The molecule has 0 fully saturated rings. The monoisotopic (exact) mass is 332 g/mol. The molecule has 1 atom stereocenters. The van der Waals surface area contributed by atoms with Crippen molar-refractivity contribution < 1.29 is 0 Å². The molecule has 0 radical (unpaired) electrons. The van der Waals surface area contributed by atoms with Gasteiger partial charge >= 0.3 is 0 Å². The Kier molecular flexibility index (Phi) is 6.86. The molecule has 0 amide bonds. The highest BCUT2D eigenvalue weighted by molar-refractivity contribution is 8.03. The Morgan fingerprint density at radius 2 is 2.13 bits per heavy atom. The summed E-state index contributed by atoms with van der Waals surface area (Å²) in [6, 6.07) is 6.44. The quantitative estimate of drug-likeness (QED) is 0.521. The van der Waals surface area contributed by atoms with Crippen molar-refractivity contribution in [1.82, 2.24) is 10.6 Å². The van der Waals surface area contributed by atoms with Gasteiger partial charge in [0.05, 0.1) is 0 Å². The van der Waals surface area contributed by atoms with Crippen molar-refractivity contribution >= 4 is 23.1 Å². The topological polar surface area (TPSA) is 62.1 Å². The van der Waals surface area contributed by atoms with Gasteiger partial charge in [0.1, 0.15) is 5.50 Å². The molecule has 126 valence electrons. The third-order valence-electron chi connectivity index (χ3n) is 3.81. The van der Waals surface area contributed by atoms with E-state index in [1.807, 2.05) is 6.20 Å². The van der Waals surface area contributed by atoms with Gasteiger partial charge in [-0.2, -0.15) is 0 Å². The second-order valence-electron chi connectivity index (χ2n) is 5.85. The maximum Gasteiger partial charge on any atom is 0.149 e. The molecule has 0 aromatic heterocycles. The third-order valence-corrected chi connectivity index (χ3v) is 4.79. The van der Waals surface area contributed by atoms with E-state index >= 15 is 0 Å². The van der Waals surface area contributed by atoms with E-state index in [4.69, 9.17) is 5.73 Å². The number of thioether (sulfide) groups is 1. The van der Waals surface area contributed by atoms with Crippen LogP contribution < -0.4 is 21.7 Å². The van der Waals surface area contributed by atoms with Gasteiger partial charge in [-0.15, -0.1) is 0 Å². The van der Waals surface area contributed by atoms with Gasteiger partial charge in [0.15, 0.2) is 0 Å². The lowest BCUT2D eigenvalue weighted by atomic mass is 10.1. The second kappa shape index (κ2) is 8.89. The number of hydrogen-bond donors (Lipinski definition) is 4. The minimum atomic E-state index is 0.169. The Labute approximate surface area is 144 Å². The lowest BCUT2D eigenvalue weighted by Crippen LogP contribution is -2.32. The van der Waals surface area contributed by atoms with E-state index in [2.05, 4.69) is 54.6 Å². The van der Waals surface area contributed by atoms with Crippen LogP contribution in [-0.2, 0) is 0 Å². The van der Waals surface area contributed by atoms with E-state index in [1.165, 1.54) is 16.9 Å². The van der Waals surface area contributed by atoms with Crippen molar-refractivity contribution in [3.8, 4) is 0 Å². The fourth-order valence-corrected chi connectivity index (χ4v) is 3.39. The number of aryl methyl sites for hydroxylation is 1. The van der Waals surface area contributed by atoms with Gasteiger partial charge < -0.3 is 21.7 Å². The molecule has 0 aliphatic carbocycles. The summed E-state index contributed by atoms with van der Waals surface area (Å²) in [6.45, 7) is 10.2. The van der Waals surface area contributed by atoms with Crippen LogP contribution in [0.3, 0.4) is 0 Å². The van der Waals surface area contributed by atoms with Crippen LogP contribution in [0.2, 0.25) is 0 Å². The molecule has 0 bridgehead atoms. The molecule has 5 heteroatoms. The number of rotatable bonds is 9. The van der Waals surface area contributed by atoms with Gasteiger partial charge in [-0.3, -0.25) is 0 Å². The maximum absolute atomic E-state index is 5.51. The summed E-state index contributed by atoms with van der Waals surface area (Å²) in [5.41, 5.74) is 10.2. The van der Waals surface area contributed by atoms with Crippen molar-refractivity contribution in [3.05, 3.63) is 47.0 Å². The van der Waals surface area contributed by atoms with Crippen LogP contribution in [0.1, 0.15) is 37.3 Å². The summed E-state index contributed by atoms with van der Waals surface area (Å²) in [6.07, 6.45) is 5.47. The molecule has 1 aliphatic rings. The highest BCUT2D eigenvalue weighted by Gasteiger charge is 2.15. The number of benzene rings is 1. The number of allylic oxidation sites excluding steroid dienone is 1. The molecular weight excluding hydrogens is 304 g/mol. The largest absolute Gasteiger partial charge is 0.385 e. The van der Waals surface area contributed by atoms with Crippen LogP contribution in [0, 0.1) is 6.92 Å². The van der Waals surface area contributed by atoms with Gasteiger partial charge in [0.2, 0.25) is 0 Å². The zero-order chi connectivity index (χ0) is 16.7. The van der Waals surface area contributed by atoms with E-state index in [1.54, 1.807) is 11.8 Å². The van der Waals surface area contributed by atoms with Crippen LogP contribution in [0.4, 0.5) is 5.69 Å². The average Bonchev–Trinajstić information content (AvgIpc) is 2.92. The first kappa shape index (κ1) is 17.8. The SMILES string of the molecule is C=C(NC1NC=C(C)S1)c1ccc(NCCCCCN)cc1C. The molecule has 5 N–H and O–H groups in total. The lowest BCUT2D eigenvalue weighted by Gasteiger charge is -2.18. The number of hydrogen-bond acceptors (Lipinski definition) is 5. The molecule has 4 nitrogen and oxygen atoms in total. The zero-order valence-electron chi connectivity index (χ0n) is 14.1. The fraction of sp³-hybridized carbons (Fsp3) is 0.444. The van der Waals surface area contributed by atoms with Crippen LogP contribution in [0.5, 0.6) is 0 Å². The lowest BCUT2D eigenvalue weighted by molar-refractivity contribution is 0.707. The van der Waals surface area contributed by atoms with Gasteiger partial charge in [-0.05, 0) is 50.9 Å². The molecule has 0 saturated heterocycles. The van der Waals surface area contributed by atoms with Gasteiger partial charge in [-0.25, -0.2) is 0 Å². The summed E-state index contributed by atoms with van der Waals surface area (Å²) >= 11 is 1.77. The first-order chi connectivity index (χ1) is 11.1. The van der Waals surface area contributed by atoms with E-state index in [-0.39, 0.29) is 5.50 Å². The Morgan fingerprint density at radius 3 is 2.78 bits per heavy atom. The molecular formula is C18H28N4S. The van der Waals surface area contributed by atoms with Crippen LogP contribution in [0.15, 0.2) is 35.9 Å². The van der Waals surface area contributed by atoms with Gasteiger partial charge in [0.25, 0.3) is 0 Å². The minimum Gasteiger partial charge on any atom is -0.385 e. The van der Waals surface area contributed by atoms with Crippen molar-refractivity contribution in [2.24, 2.45) is 5.73 Å². The van der Waals surface area contributed by atoms with Crippen LogP contribution in [0.25, 0.3) is 5.70 Å². The van der Waals surface area contributed by atoms with Gasteiger partial charge in [-0.1, -0.05) is 30.8 Å². The molecule has 0 spiro atoms. The number of nitrogens with one attached hydrogen (secondary N) is 3. The minimum absolute atomic E-state index is 0.169. The number of anilines is 1. The van der Waals surface area contributed by atoms with Crippen molar-refractivity contribution in [3.63, 3.8) is 0 Å². The highest BCUT2D eigenvalue weighted by Crippen LogP contribution is 2.26. The molecule has 23 heavy (non-hydrogen) atoms. The Balaban J connectivity index is 1.84. The zero-order valence-corrected chi connectivity index (χ0v) is 14.9. The van der Waals surface area contributed by atoms with Crippen LogP contribution >= 0.6 is 11.8 Å². The van der Waals surface area contributed by atoms with E-state index in [0.717, 1.165) is 42.9 Å². The third kappa shape index (κ3) is 5.52. The maximum atomic E-state index is 5.51. The first-order valence-corrected chi connectivity index (χ1v) is 9.08. The molecule has 1 aromatic rings. The Morgan fingerprint density at radius 1 is 1.30 bits per heavy atom. The summed E-state index contributed by atoms with van der Waals surface area (Å²) in [4.78, 5) is 1.28. The first-order valence-electron chi connectivity index (χ1n) is 8.20. The molecule has 0 saturated carbocycles. The normalized spacial score (nSPS) is 16.7. The molecule has 1 heterocycles. The average molecular weight is 333 g/mol. The predicted molar refractivity (Wildman–Crippen MR) is 103 cm³/mol. The van der Waals surface area contributed by atoms with E-state index < -0.39 is 0 Å². The van der Waals surface area contributed by atoms with Crippen molar-refractivity contribution in [2.45, 2.75) is 38.6 Å². The highest BCUT2D eigenvalue weighted by atomic mass is 32.2.